The highest BCUT2D eigenvalue weighted by atomic mass is 15.2. The molecule has 1 spiro atoms. The molecule has 0 atom stereocenters. The van der Waals surface area contributed by atoms with Gasteiger partial charge in [0, 0.05) is 23.3 Å². The van der Waals surface area contributed by atoms with Crippen molar-refractivity contribution < 1.29 is 0 Å². The highest BCUT2D eigenvalue weighted by Gasteiger charge is 2.52. The quantitative estimate of drug-likeness (QED) is 0.164. The Morgan fingerprint density at radius 1 is 0.476 bits per heavy atom. The highest BCUT2D eigenvalue weighted by Crippen LogP contribution is 2.63. The van der Waals surface area contributed by atoms with Crippen molar-refractivity contribution in [1.82, 2.24) is 0 Å². The van der Waals surface area contributed by atoms with Gasteiger partial charge < -0.3 is 9.80 Å². The number of fused-ring (bicyclic) bond motifs is 13. The van der Waals surface area contributed by atoms with Gasteiger partial charge in [-0.25, -0.2) is 0 Å². The maximum Gasteiger partial charge on any atom is 0.0691 e. The normalized spacial score (nSPS) is 16.2. The van der Waals surface area contributed by atoms with Gasteiger partial charge in [-0.3, -0.25) is 0 Å². The molecule has 5 aliphatic rings. The summed E-state index contributed by atoms with van der Waals surface area (Å²) in [6.07, 6.45) is 19.6. The molecule has 0 saturated carbocycles. The molecule has 8 aromatic carbocycles. The van der Waals surface area contributed by atoms with Crippen LogP contribution in [-0.4, -0.2) is 6.54 Å². The van der Waals surface area contributed by atoms with Gasteiger partial charge in [-0.15, -0.1) is 0 Å². The van der Waals surface area contributed by atoms with Crippen molar-refractivity contribution in [2.45, 2.75) is 24.7 Å². The Bertz CT molecular complexity index is 3280. The Balaban J connectivity index is 0.932. The van der Waals surface area contributed by atoms with E-state index in [0.29, 0.717) is 0 Å². The van der Waals surface area contributed by atoms with Crippen molar-refractivity contribution in [3.8, 4) is 11.1 Å². The summed E-state index contributed by atoms with van der Waals surface area (Å²) in [6, 6.07) is 65.4. The van der Waals surface area contributed by atoms with Crippen molar-refractivity contribution in [2.75, 3.05) is 16.3 Å². The molecule has 0 radical (unpaired) electrons. The first kappa shape index (κ1) is 36.0. The minimum Gasteiger partial charge on any atom is -0.342 e. The minimum absolute atomic E-state index is 0.388. The lowest BCUT2D eigenvalue weighted by molar-refractivity contribution is 0.737. The van der Waals surface area contributed by atoms with Gasteiger partial charge in [0.15, 0.2) is 0 Å². The average molecular weight is 805 g/mol. The summed E-state index contributed by atoms with van der Waals surface area (Å²) in [5.41, 5.74) is 23.0. The maximum absolute atomic E-state index is 2.55. The fourth-order valence-electron chi connectivity index (χ4n) is 11.6. The van der Waals surface area contributed by atoms with Crippen LogP contribution < -0.4 is 9.80 Å². The molecule has 3 aliphatic carbocycles. The largest absolute Gasteiger partial charge is 0.342 e. The second-order valence-corrected chi connectivity index (χ2v) is 17.4. The van der Waals surface area contributed by atoms with Crippen molar-refractivity contribution in [2.24, 2.45) is 0 Å². The summed E-state index contributed by atoms with van der Waals surface area (Å²) in [6.45, 7) is 1.04. The molecule has 0 aromatic heterocycles. The van der Waals surface area contributed by atoms with Crippen LogP contribution in [0.15, 0.2) is 205 Å². The third-order valence-electron chi connectivity index (χ3n) is 14.3. The first-order valence-corrected chi connectivity index (χ1v) is 22.4. The van der Waals surface area contributed by atoms with E-state index in [-0.39, 0.29) is 5.41 Å². The summed E-state index contributed by atoms with van der Waals surface area (Å²) in [7, 11) is 0. The van der Waals surface area contributed by atoms with Gasteiger partial charge in [-0.1, -0.05) is 182 Å². The molecule has 0 amide bonds. The van der Waals surface area contributed by atoms with Crippen LogP contribution in [0.3, 0.4) is 0 Å². The summed E-state index contributed by atoms with van der Waals surface area (Å²) in [4.78, 5) is 4.99. The Hall–Kier alpha value is -7.68. The number of allylic oxidation sites excluding steroid dienone is 5. The Labute approximate surface area is 369 Å². The number of nitrogens with zero attached hydrogens (tertiary/aromatic N) is 2. The number of aryl methyl sites for hydroxylation is 1. The number of hydrogen-bond donors (Lipinski definition) is 0. The Kier molecular flexibility index (Phi) is 8.11. The number of hydrogen-bond acceptors (Lipinski definition) is 2. The van der Waals surface area contributed by atoms with Gasteiger partial charge >= 0.3 is 0 Å². The summed E-state index contributed by atoms with van der Waals surface area (Å²) in [5.74, 6) is 0. The van der Waals surface area contributed by atoms with Gasteiger partial charge in [0.25, 0.3) is 0 Å². The lowest BCUT2D eigenvalue weighted by atomic mass is 9.68. The molecule has 2 nitrogen and oxygen atoms in total. The highest BCUT2D eigenvalue weighted by molar-refractivity contribution is 6.06. The van der Waals surface area contributed by atoms with Crippen LogP contribution >= 0.6 is 0 Å². The molecule has 0 N–H and O–H groups in total. The molecule has 8 aromatic rings. The predicted molar refractivity (Wildman–Crippen MR) is 266 cm³/mol. The molecule has 63 heavy (non-hydrogen) atoms. The number of para-hydroxylation sites is 3. The summed E-state index contributed by atoms with van der Waals surface area (Å²) in [5, 5.41) is 2.45. The van der Waals surface area contributed by atoms with Crippen LogP contribution in [0.1, 0.15) is 62.9 Å². The van der Waals surface area contributed by atoms with Crippen molar-refractivity contribution in [3.63, 3.8) is 0 Å². The third kappa shape index (κ3) is 5.38. The Morgan fingerprint density at radius 3 is 1.89 bits per heavy atom. The monoisotopic (exact) mass is 804 g/mol. The average Bonchev–Trinajstić information content (AvgIpc) is 3.57. The summed E-state index contributed by atoms with van der Waals surface area (Å²) < 4.78 is 0. The lowest BCUT2D eigenvalue weighted by Crippen LogP contribution is -2.29. The van der Waals surface area contributed by atoms with E-state index in [4.69, 9.17) is 0 Å². The third-order valence-corrected chi connectivity index (χ3v) is 14.3. The van der Waals surface area contributed by atoms with Crippen LogP contribution in [-0.2, 0) is 11.8 Å². The van der Waals surface area contributed by atoms with E-state index in [9.17, 15) is 0 Å². The van der Waals surface area contributed by atoms with Crippen LogP contribution in [0, 0.1) is 0 Å². The fraction of sp³-hybridized carbons (Fsp3) is 0.0820. The zero-order valence-corrected chi connectivity index (χ0v) is 35.0. The molecule has 0 saturated heterocycles. The van der Waals surface area contributed by atoms with E-state index >= 15 is 0 Å². The molecule has 2 heterocycles. The molecular formula is C61H44N2. The van der Waals surface area contributed by atoms with E-state index in [1.165, 1.54) is 112 Å². The van der Waals surface area contributed by atoms with Crippen LogP contribution in [0.25, 0.3) is 51.8 Å². The summed E-state index contributed by atoms with van der Waals surface area (Å²) >= 11 is 0. The fourth-order valence-corrected chi connectivity index (χ4v) is 11.6. The van der Waals surface area contributed by atoms with E-state index < -0.39 is 0 Å². The maximum atomic E-state index is 2.55. The second kappa shape index (κ2) is 14.2. The van der Waals surface area contributed by atoms with Crippen molar-refractivity contribution in [3.05, 3.63) is 255 Å². The van der Waals surface area contributed by atoms with Crippen LogP contribution in [0.4, 0.5) is 22.7 Å². The number of benzene rings is 8. The molecule has 2 aliphatic heterocycles. The SMILES string of the molecule is C1=CC2=C(CC=C1N1CCCc3ccccc31)C1(c3cc(/C=C/c4ccc(N5c6ccccc6C=Cc6ccccc65)c5ccccc45)ccc32)c2ccccc2-c2ccccc21. The van der Waals surface area contributed by atoms with E-state index in [1.807, 2.05) is 0 Å². The molecule has 0 bridgehead atoms. The van der Waals surface area contributed by atoms with E-state index in [0.717, 1.165) is 25.8 Å². The minimum atomic E-state index is -0.388. The van der Waals surface area contributed by atoms with E-state index in [1.54, 1.807) is 0 Å². The standard InChI is InChI=1S/C61H44N2/c1-10-24-57-43(14-1)17-13-39-62(57)46-33-36-50-51-35-28-41(40-56(51)61(55(50)37-34-46)53-22-8-6-19-48(53)49-20-7-9-23-54(49)61)27-29-42-32-38-60(52-21-5-4-18-47(42)52)63-58-25-11-2-15-44(58)30-31-45-16-3-12-26-59(45)63/h1-12,14-16,18-36,38,40H,13,17,37,39H2/b29-27+. The molecular weight excluding hydrogens is 761 g/mol. The smallest absolute Gasteiger partial charge is 0.0691 e. The first-order valence-electron chi connectivity index (χ1n) is 22.4. The molecule has 0 unspecified atom stereocenters. The van der Waals surface area contributed by atoms with Gasteiger partial charge in [0.2, 0.25) is 0 Å². The van der Waals surface area contributed by atoms with E-state index in [2.05, 4.69) is 228 Å². The molecule has 2 heteroatoms. The van der Waals surface area contributed by atoms with Gasteiger partial charge in [0.1, 0.15) is 0 Å². The van der Waals surface area contributed by atoms with Crippen LogP contribution in [0.5, 0.6) is 0 Å². The van der Waals surface area contributed by atoms with Crippen LogP contribution in [0.2, 0.25) is 0 Å². The number of anilines is 4. The Morgan fingerprint density at radius 2 is 1.13 bits per heavy atom. The lowest BCUT2D eigenvalue weighted by Gasteiger charge is -2.34. The number of rotatable bonds is 4. The zero-order valence-electron chi connectivity index (χ0n) is 35.0. The van der Waals surface area contributed by atoms with Crippen molar-refractivity contribution in [1.29, 1.82) is 0 Å². The van der Waals surface area contributed by atoms with Gasteiger partial charge in [0.05, 0.1) is 22.5 Å². The molecule has 0 fully saturated rings. The van der Waals surface area contributed by atoms with Gasteiger partial charge in [-0.2, -0.15) is 0 Å². The first-order chi connectivity index (χ1) is 31.3. The molecule has 13 rings (SSSR count). The molecule has 298 valence electrons. The van der Waals surface area contributed by atoms with Gasteiger partial charge in [-0.05, 0) is 133 Å². The second-order valence-electron chi connectivity index (χ2n) is 17.4. The van der Waals surface area contributed by atoms with Crippen molar-refractivity contribution >= 4 is 63.4 Å². The predicted octanol–water partition coefficient (Wildman–Crippen LogP) is 15.3. The zero-order chi connectivity index (χ0) is 41.5. The topological polar surface area (TPSA) is 6.48 Å².